The largest absolute Gasteiger partial charge is 0.339 e. The Labute approximate surface area is 208 Å². The van der Waals surface area contributed by atoms with Crippen LogP contribution in [0.5, 0.6) is 0 Å². The molecule has 4 rings (SSSR count). The zero-order valence-corrected chi connectivity index (χ0v) is 20.7. The van der Waals surface area contributed by atoms with Crippen molar-refractivity contribution in [3.8, 4) is 0 Å². The van der Waals surface area contributed by atoms with Gasteiger partial charge < -0.3 is 10.2 Å². The maximum atomic E-state index is 13.5. The van der Waals surface area contributed by atoms with Gasteiger partial charge in [-0.25, -0.2) is 12.8 Å². The number of thiophene rings is 1. The Kier molecular flexibility index (Phi) is 7.82. The maximum Gasteiger partial charge on any atom is 0.274 e. The summed E-state index contributed by atoms with van der Waals surface area (Å²) in [6.45, 7) is 0.787. The van der Waals surface area contributed by atoms with E-state index in [4.69, 9.17) is 0 Å². The number of nitrogens with one attached hydrogen (secondary N) is 1. The van der Waals surface area contributed by atoms with Gasteiger partial charge in [0, 0.05) is 13.1 Å². The SMILES string of the molecule is O=C(CN(c1ccc(F)cc1)S(=O)(=O)c1cccs1)Nc1ccccc1C(=O)N1CCCCCC1. The fraction of sp³-hybridized carbons (Fsp3) is 0.280. The Hall–Kier alpha value is -3.24. The second-order valence-electron chi connectivity index (χ2n) is 8.22. The van der Waals surface area contributed by atoms with Crippen molar-refractivity contribution < 1.29 is 22.4 Å². The summed E-state index contributed by atoms with van der Waals surface area (Å²) in [5.74, 6) is -1.30. The number of sulfonamides is 1. The highest BCUT2D eigenvalue weighted by atomic mass is 32.2. The molecule has 0 bridgehead atoms. The van der Waals surface area contributed by atoms with Crippen molar-refractivity contribution in [1.29, 1.82) is 0 Å². The smallest absolute Gasteiger partial charge is 0.274 e. The van der Waals surface area contributed by atoms with Crippen molar-refractivity contribution in [3.63, 3.8) is 0 Å². The molecule has 0 radical (unpaired) electrons. The van der Waals surface area contributed by atoms with E-state index in [2.05, 4.69) is 5.32 Å². The van der Waals surface area contributed by atoms with Gasteiger partial charge in [0.05, 0.1) is 16.9 Å². The minimum atomic E-state index is -4.07. The number of benzene rings is 2. The van der Waals surface area contributed by atoms with Crippen molar-refractivity contribution in [1.82, 2.24) is 4.90 Å². The van der Waals surface area contributed by atoms with E-state index in [1.54, 1.807) is 40.6 Å². The molecule has 7 nitrogen and oxygen atoms in total. The zero-order chi connectivity index (χ0) is 24.8. The quantitative estimate of drug-likeness (QED) is 0.493. The van der Waals surface area contributed by atoms with Gasteiger partial charge in [-0.15, -0.1) is 11.3 Å². The molecule has 0 atom stereocenters. The first kappa shape index (κ1) is 24.9. The fourth-order valence-corrected chi connectivity index (χ4v) is 6.51. The average Bonchev–Trinajstić information content (AvgIpc) is 3.27. The summed E-state index contributed by atoms with van der Waals surface area (Å²) < 4.78 is 41.1. The Bertz CT molecular complexity index is 1270. The molecule has 0 saturated carbocycles. The second-order valence-corrected chi connectivity index (χ2v) is 11.3. The number of anilines is 2. The van der Waals surface area contributed by atoms with Crippen LogP contribution < -0.4 is 9.62 Å². The molecular formula is C25H26FN3O4S2. The Morgan fingerprint density at radius 1 is 0.943 bits per heavy atom. The fourth-order valence-electron chi connectivity index (χ4n) is 3.98. The summed E-state index contributed by atoms with van der Waals surface area (Å²) in [4.78, 5) is 28.0. The third kappa shape index (κ3) is 5.88. The number of para-hydroxylation sites is 1. The predicted molar refractivity (Wildman–Crippen MR) is 135 cm³/mol. The molecule has 3 aromatic rings. The molecule has 184 valence electrons. The third-order valence-corrected chi connectivity index (χ3v) is 8.91. The molecule has 35 heavy (non-hydrogen) atoms. The number of amides is 2. The highest BCUT2D eigenvalue weighted by Gasteiger charge is 2.29. The van der Waals surface area contributed by atoms with Crippen LogP contribution in [0.1, 0.15) is 36.0 Å². The van der Waals surface area contributed by atoms with Crippen LogP contribution >= 0.6 is 11.3 Å². The Morgan fingerprint density at radius 2 is 1.63 bits per heavy atom. The number of carbonyl (C=O) groups excluding carboxylic acids is 2. The first-order valence-corrected chi connectivity index (χ1v) is 13.7. The molecule has 1 aliphatic rings. The molecule has 1 aromatic heterocycles. The molecule has 0 aliphatic carbocycles. The molecule has 2 aromatic carbocycles. The molecule has 1 saturated heterocycles. The lowest BCUT2D eigenvalue weighted by Crippen LogP contribution is -2.38. The van der Waals surface area contributed by atoms with Gasteiger partial charge in [-0.05, 0) is 60.7 Å². The number of rotatable bonds is 7. The molecule has 1 aliphatic heterocycles. The summed E-state index contributed by atoms with van der Waals surface area (Å²) in [7, 11) is -4.07. The second kappa shape index (κ2) is 11.0. The highest BCUT2D eigenvalue weighted by Crippen LogP contribution is 2.27. The van der Waals surface area contributed by atoms with Crippen molar-refractivity contribution in [3.05, 3.63) is 77.4 Å². The van der Waals surface area contributed by atoms with Crippen LogP contribution in [0.3, 0.4) is 0 Å². The van der Waals surface area contributed by atoms with Crippen LogP contribution in [0, 0.1) is 5.82 Å². The number of halogens is 1. The number of carbonyl (C=O) groups is 2. The predicted octanol–water partition coefficient (Wildman–Crippen LogP) is 4.74. The lowest BCUT2D eigenvalue weighted by molar-refractivity contribution is -0.114. The third-order valence-electron chi connectivity index (χ3n) is 5.77. The minimum Gasteiger partial charge on any atom is -0.339 e. The van der Waals surface area contributed by atoms with Crippen LogP contribution in [0.4, 0.5) is 15.8 Å². The van der Waals surface area contributed by atoms with Crippen LogP contribution in [0.25, 0.3) is 0 Å². The first-order valence-electron chi connectivity index (χ1n) is 11.4. The summed E-state index contributed by atoms with van der Waals surface area (Å²) in [5, 5.41) is 4.34. The van der Waals surface area contributed by atoms with Gasteiger partial charge in [-0.3, -0.25) is 13.9 Å². The van der Waals surface area contributed by atoms with E-state index in [0.717, 1.165) is 53.5 Å². The lowest BCUT2D eigenvalue weighted by atomic mass is 10.1. The van der Waals surface area contributed by atoms with Crippen molar-refractivity contribution in [2.75, 3.05) is 29.3 Å². The van der Waals surface area contributed by atoms with Gasteiger partial charge >= 0.3 is 0 Å². The van der Waals surface area contributed by atoms with Crippen molar-refractivity contribution in [2.45, 2.75) is 29.9 Å². The van der Waals surface area contributed by atoms with E-state index in [9.17, 15) is 22.4 Å². The lowest BCUT2D eigenvalue weighted by Gasteiger charge is -2.24. The molecule has 1 N–H and O–H groups in total. The monoisotopic (exact) mass is 515 g/mol. The first-order chi connectivity index (χ1) is 16.9. The Morgan fingerprint density at radius 3 is 2.29 bits per heavy atom. The average molecular weight is 516 g/mol. The van der Waals surface area contributed by atoms with E-state index in [0.29, 0.717) is 24.3 Å². The summed E-state index contributed by atoms with van der Waals surface area (Å²) in [5.41, 5.74) is 0.834. The van der Waals surface area contributed by atoms with E-state index >= 15 is 0 Å². The molecule has 2 amide bonds. The molecule has 2 heterocycles. The standard InChI is InChI=1S/C25H26FN3O4S2/c26-19-11-13-20(14-12-19)29(35(32,33)24-10-7-17-34-24)18-23(30)27-22-9-4-3-8-21(22)25(31)28-15-5-1-2-6-16-28/h3-4,7-14,17H,1-2,5-6,15-16,18H2,(H,27,30). The van der Waals surface area contributed by atoms with Gasteiger partial charge in [-0.1, -0.05) is 31.0 Å². The van der Waals surface area contributed by atoms with Gasteiger partial charge in [0.2, 0.25) is 5.91 Å². The van der Waals surface area contributed by atoms with E-state index < -0.39 is 28.3 Å². The molecule has 1 fully saturated rings. The van der Waals surface area contributed by atoms with Gasteiger partial charge in [0.15, 0.2) is 0 Å². The minimum absolute atomic E-state index is 0.0615. The van der Waals surface area contributed by atoms with Crippen LogP contribution in [-0.4, -0.2) is 44.8 Å². The van der Waals surface area contributed by atoms with E-state index in [-0.39, 0.29) is 15.8 Å². The normalized spacial score (nSPS) is 14.3. The van der Waals surface area contributed by atoms with Gasteiger partial charge in [-0.2, -0.15) is 0 Å². The van der Waals surface area contributed by atoms with E-state index in [1.165, 1.54) is 18.2 Å². The molecule has 10 heteroatoms. The van der Waals surface area contributed by atoms with Crippen molar-refractivity contribution >= 4 is 44.5 Å². The molecule has 0 spiro atoms. The topological polar surface area (TPSA) is 86.8 Å². The van der Waals surface area contributed by atoms with Crippen LogP contribution in [0.2, 0.25) is 0 Å². The molecular weight excluding hydrogens is 489 g/mol. The summed E-state index contributed by atoms with van der Waals surface area (Å²) in [6, 6.07) is 14.7. The zero-order valence-electron chi connectivity index (χ0n) is 19.0. The van der Waals surface area contributed by atoms with Crippen molar-refractivity contribution in [2.24, 2.45) is 0 Å². The highest BCUT2D eigenvalue weighted by molar-refractivity contribution is 7.94. The van der Waals surface area contributed by atoms with Gasteiger partial charge in [0.25, 0.3) is 15.9 Å². The molecule has 0 unspecified atom stereocenters. The van der Waals surface area contributed by atoms with Crippen LogP contribution in [-0.2, 0) is 14.8 Å². The maximum absolute atomic E-state index is 13.5. The van der Waals surface area contributed by atoms with Crippen LogP contribution in [0.15, 0.2) is 70.3 Å². The van der Waals surface area contributed by atoms with Gasteiger partial charge in [0.1, 0.15) is 16.6 Å². The van der Waals surface area contributed by atoms with E-state index in [1.807, 2.05) is 0 Å². The number of hydrogen-bond donors (Lipinski definition) is 1. The Balaban J connectivity index is 1.58. The summed E-state index contributed by atoms with van der Waals surface area (Å²) >= 11 is 1.03. The number of nitrogens with zero attached hydrogens (tertiary/aromatic N) is 2. The number of likely N-dealkylation sites (tertiary alicyclic amines) is 1. The number of hydrogen-bond acceptors (Lipinski definition) is 5. The summed E-state index contributed by atoms with van der Waals surface area (Å²) in [6.07, 6.45) is 4.04.